The van der Waals surface area contributed by atoms with Crippen LogP contribution in [0.5, 0.6) is 0 Å². The molecule has 3 rings (SSSR count). The molecule has 0 bridgehead atoms. The summed E-state index contributed by atoms with van der Waals surface area (Å²) in [5.74, 6) is 0.889. The maximum absolute atomic E-state index is 9.63. The third kappa shape index (κ3) is 6.08. The predicted octanol–water partition coefficient (Wildman–Crippen LogP) is 2.85. The van der Waals surface area contributed by atoms with Crippen molar-refractivity contribution in [1.82, 2.24) is 15.1 Å². The van der Waals surface area contributed by atoms with Gasteiger partial charge in [-0.05, 0) is 29.5 Å². The second kappa shape index (κ2) is 10.2. The Kier molecular flexibility index (Phi) is 7.46. The van der Waals surface area contributed by atoms with Crippen molar-refractivity contribution in [2.45, 2.75) is 38.6 Å². The molecular formula is C23H32N4O. The molecule has 1 heterocycles. The number of aliphatic imine (C=N–C) groups is 1. The molecule has 1 aliphatic heterocycles. The first-order valence-corrected chi connectivity index (χ1v) is 10.1. The maximum atomic E-state index is 9.63. The number of nitrogens with one attached hydrogen (secondary N) is 1. The van der Waals surface area contributed by atoms with Crippen LogP contribution in [0.3, 0.4) is 0 Å². The Morgan fingerprint density at radius 3 is 2.32 bits per heavy atom. The van der Waals surface area contributed by atoms with Crippen LogP contribution in [0.25, 0.3) is 0 Å². The highest BCUT2D eigenvalue weighted by atomic mass is 16.3. The highest BCUT2D eigenvalue weighted by molar-refractivity contribution is 5.79. The van der Waals surface area contributed by atoms with Crippen molar-refractivity contribution in [3.63, 3.8) is 0 Å². The lowest BCUT2D eigenvalue weighted by Gasteiger charge is -2.29. The average molecular weight is 381 g/mol. The molecular weight excluding hydrogens is 348 g/mol. The molecule has 150 valence electrons. The van der Waals surface area contributed by atoms with Gasteiger partial charge in [-0.15, -0.1) is 0 Å². The molecule has 0 aliphatic carbocycles. The molecule has 0 atom stereocenters. The summed E-state index contributed by atoms with van der Waals surface area (Å²) in [5.41, 5.74) is 3.83. The lowest BCUT2D eigenvalue weighted by Crippen LogP contribution is -2.38. The fourth-order valence-corrected chi connectivity index (χ4v) is 3.60. The number of piperidine rings is 1. The number of likely N-dealkylation sites (tertiary alicyclic amines) is 1. The van der Waals surface area contributed by atoms with Crippen LogP contribution >= 0.6 is 0 Å². The summed E-state index contributed by atoms with van der Waals surface area (Å²) in [5, 5.41) is 13.1. The molecule has 0 amide bonds. The third-order valence-electron chi connectivity index (χ3n) is 5.27. The molecule has 2 aromatic rings. The molecule has 1 saturated heterocycles. The summed E-state index contributed by atoms with van der Waals surface area (Å²) in [6.07, 6.45) is 1.66. The summed E-state index contributed by atoms with van der Waals surface area (Å²) in [6.45, 7) is 4.50. The average Bonchev–Trinajstić information content (AvgIpc) is 2.72. The van der Waals surface area contributed by atoms with Gasteiger partial charge >= 0.3 is 0 Å². The van der Waals surface area contributed by atoms with Gasteiger partial charge < -0.3 is 15.3 Å². The van der Waals surface area contributed by atoms with Crippen molar-refractivity contribution < 1.29 is 5.11 Å². The SMILES string of the molecule is CN=C(NCc1ccc(CN2CCC(O)CC2)cc1)N(C)Cc1ccccc1. The monoisotopic (exact) mass is 380 g/mol. The van der Waals surface area contributed by atoms with Crippen molar-refractivity contribution in [1.29, 1.82) is 0 Å². The van der Waals surface area contributed by atoms with Crippen LogP contribution in [0.1, 0.15) is 29.5 Å². The summed E-state index contributed by atoms with van der Waals surface area (Å²) in [7, 11) is 3.88. The molecule has 1 fully saturated rings. The fourth-order valence-electron chi connectivity index (χ4n) is 3.60. The zero-order chi connectivity index (χ0) is 19.8. The second-order valence-corrected chi connectivity index (χ2v) is 7.57. The number of nitrogens with zero attached hydrogens (tertiary/aromatic N) is 3. The number of benzene rings is 2. The number of aliphatic hydroxyl groups is 1. The molecule has 0 radical (unpaired) electrons. The van der Waals surface area contributed by atoms with E-state index in [0.29, 0.717) is 0 Å². The number of hydrogen-bond donors (Lipinski definition) is 2. The van der Waals surface area contributed by atoms with Gasteiger partial charge in [0.15, 0.2) is 5.96 Å². The van der Waals surface area contributed by atoms with Crippen LogP contribution in [0.4, 0.5) is 0 Å². The summed E-state index contributed by atoms with van der Waals surface area (Å²) < 4.78 is 0. The lowest BCUT2D eigenvalue weighted by molar-refractivity contribution is 0.0792. The van der Waals surface area contributed by atoms with Crippen molar-refractivity contribution in [3.8, 4) is 0 Å². The van der Waals surface area contributed by atoms with Crippen LogP contribution in [-0.4, -0.2) is 54.2 Å². The molecule has 2 aromatic carbocycles. The van der Waals surface area contributed by atoms with Crippen LogP contribution in [-0.2, 0) is 19.6 Å². The molecule has 5 nitrogen and oxygen atoms in total. The second-order valence-electron chi connectivity index (χ2n) is 7.57. The topological polar surface area (TPSA) is 51.1 Å². The van der Waals surface area contributed by atoms with E-state index in [2.05, 4.69) is 75.7 Å². The minimum atomic E-state index is -0.112. The standard InChI is InChI=1S/C23H32N4O/c1-24-23(26(2)17-20-6-4-3-5-7-20)25-16-19-8-10-21(11-9-19)18-27-14-12-22(28)13-15-27/h3-11,22,28H,12-18H2,1-2H3,(H,24,25). The van der Waals surface area contributed by atoms with Crippen LogP contribution in [0.15, 0.2) is 59.6 Å². The van der Waals surface area contributed by atoms with Gasteiger partial charge in [-0.25, -0.2) is 0 Å². The van der Waals surface area contributed by atoms with E-state index in [-0.39, 0.29) is 6.10 Å². The van der Waals surface area contributed by atoms with Gasteiger partial charge in [0.05, 0.1) is 6.10 Å². The van der Waals surface area contributed by atoms with Crippen molar-refractivity contribution in [2.24, 2.45) is 4.99 Å². The Bertz CT molecular complexity index is 737. The molecule has 0 unspecified atom stereocenters. The van der Waals surface area contributed by atoms with Gasteiger partial charge in [0.25, 0.3) is 0 Å². The van der Waals surface area contributed by atoms with E-state index in [0.717, 1.165) is 51.5 Å². The number of guanidine groups is 1. The van der Waals surface area contributed by atoms with Gasteiger partial charge in [-0.2, -0.15) is 0 Å². The van der Waals surface area contributed by atoms with Crippen molar-refractivity contribution in [2.75, 3.05) is 27.2 Å². The minimum absolute atomic E-state index is 0.112. The number of rotatable bonds is 6. The maximum Gasteiger partial charge on any atom is 0.193 e. The van der Waals surface area contributed by atoms with Crippen molar-refractivity contribution in [3.05, 3.63) is 71.3 Å². The van der Waals surface area contributed by atoms with Gasteiger partial charge in [0.1, 0.15) is 0 Å². The van der Waals surface area contributed by atoms with E-state index in [4.69, 9.17) is 0 Å². The lowest BCUT2D eigenvalue weighted by atomic mass is 10.1. The van der Waals surface area contributed by atoms with E-state index in [1.807, 2.05) is 13.1 Å². The zero-order valence-electron chi connectivity index (χ0n) is 17.0. The third-order valence-corrected chi connectivity index (χ3v) is 5.27. The normalized spacial score (nSPS) is 16.2. The van der Waals surface area contributed by atoms with E-state index < -0.39 is 0 Å². The minimum Gasteiger partial charge on any atom is -0.393 e. The van der Waals surface area contributed by atoms with Gasteiger partial charge in [-0.3, -0.25) is 9.89 Å². The van der Waals surface area contributed by atoms with E-state index in [9.17, 15) is 5.11 Å². The molecule has 2 N–H and O–H groups in total. The molecule has 0 saturated carbocycles. The Balaban J connectivity index is 1.48. The fraction of sp³-hybridized carbons (Fsp3) is 0.435. The zero-order valence-corrected chi connectivity index (χ0v) is 17.0. The number of hydrogen-bond acceptors (Lipinski definition) is 3. The van der Waals surface area contributed by atoms with E-state index in [1.165, 1.54) is 16.7 Å². The molecule has 1 aliphatic rings. The Morgan fingerprint density at radius 2 is 1.68 bits per heavy atom. The summed E-state index contributed by atoms with van der Waals surface area (Å²) in [4.78, 5) is 8.96. The highest BCUT2D eigenvalue weighted by Gasteiger charge is 2.16. The summed E-state index contributed by atoms with van der Waals surface area (Å²) >= 11 is 0. The first-order valence-electron chi connectivity index (χ1n) is 10.1. The van der Waals surface area contributed by atoms with Gasteiger partial charge in [0.2, 0.25) is 0 Å². The van der Waals surface area contributed by atoms with Gasteiger partial charge in [0, 0.05) is 46.8 Å². The largest absolute Gasteiger partial charge is 0.393 e. The first-order chi connectivity index (χ1) is 13.6. The van der Waals surface area contributed by atoms with Crippen LogP contribution in [0, 0.1) is 0 Å². The molecule has 0 aromatic heterocycles. The number of aliphatic hydroxyl groups excluding tert-OH is 1. The van der Waals surface area contributed by atoms with E-state index in [1.54, 1.807) is 0 Å². The Morgan fingerprint density at radius 1 is 1.04 bits per heavy atom. The van der Waals surface area contributed by atoms with Gasteiger partial charge in [-0.1, -0.05) is 54.6 Å². The predicted molar refractivity (Wildman–Crippen MR) is 115 cm³/mol. The Hall–Kier alpha value is -2.37. The van der Waals surface area contributed by atoms with Crippen molar-refractivity contribution >= 4 is 5.96 Å². The summed E-state index contributed by atoms with van der Waals surface area (Å²) in [6, 6.07) is 19.2. The molecule has 28 heavy (non-hydrogen) atoms. The van der Waals surface area contributed by atoms with E-state index >= 15 is 0 Å². The molecule has 5 heteroatoms. The Labute approximate surface area is 168 Å². The smallest absolute Gasteiger partial charge is 0.193 e. The quantitative estimate of drug-likeness (QED) is 0.598. The van der Waals surface area contributed by atoms with Crippen LogP contribution < -0.4 is 5.32 Å². The highest BCUT2D eigenvalue weighted by Crippen LogP contribution is 2.14. The molecule has 0 spiro atoms. The first kappa shape index (κ1) is 20.4. The van der Waals surface area contributed by atoms with Crippen LogP contribution in [0.2, 0.25) is 0 Å².